The fourth-order valence-corrected chi connectivity index (χ4v) is 3.02. The first-order chi connectivity index (χ1) is 9.72. The van der Waals surface area contributed by atoms with Gasteiger partial charge >= 0.3 is 0 Å². The minimum absolute atomic E-state index is 0.324. The van der Waals surface area contributed by atoms with E-state index in [0.29, 0.717) is 23.4 Å². The van der Waals surface area contributed by atoms with Gasteiger partial charge in [0.1, 0.15) is 11.3 Å². The minimum Gasteiger partial charge on any atom is -0.463 e. The molecular formula is C16H21ClN2O. The number of rotatable bonds is 3. The van der Waals surface area contributed by atoms with Crippen molar-refractivity contribution < 1.29 is 4.74 Å². The molecule has 3 nitrogen and oxygen atoms in total. The van der Waals surface area contributed by atoms with E-state index in [1.165, 1.54) is 12.8 Å². The molecule has 1 aliphatic rings. The van der Waals surface area contributed by atoms with Gasteiger partial charge in [-0.25, -0.2) is 9.97 Å². The average molecular weight is 293 g/mol. The topological polar surface area (TPSA) is 35.0 Å². The highest BCUT2D eigenvalue weighted by molar-refractivity contribution is 6.32. The molecule has 2 rings (SSSR count). The molecule has 1 aliphatic carbocycles. The summed E-state index contributed by atoms with van der Waals surface area (Å²) in [6.07, 6.45) is 7.20. The fraction of sp³-hybridized carbons (Fsp3) is 0.625. The van der Waals surface area contributed by atoms with E-state index in [1.807, 2.05) is 6.92 Å². The highest BCUT2D eigenvalue weighted by Crippen LogP contribution is 2.39. The maximum Gasteiger partial charge on any atom is 0.236 e. The predicted octanol–water partition coefficient (Wildman–Crippen LogP) is 4.22. The van der Waals surface area contributed by atoms with Gasteiger partial charge in [-0.1, -0.05) is 44.2 Å². The molecule has 0 N–H and O–H groups in total. The second-order valence-electron chi connectivity index (χ2n) is 5.34. The van der Waals surface area contributed by atoms with Crippen molar-refractivity contribution in [2.75, 3.05) is 6.61 Å². The Balaban J connectivity index is 2.10. The minimum atomic E-state index is 0.324. The monoisotopic (exact) mass is 292 g/mol. The van der Waals surface area contributed by atoms with E-state index in [2.05, 4.69) is 28.7 Å². The molecule has 0 spiro atoms. The van der Waals surface area contributed by atoms with Gasteiger partial charge in [-0.15, -0.1) is 5.92 Å². The predicted molar refractivity (Wildman–Crippen MR) is 81.0 cm³/mol. The fourth-order valence-electron chi connectivity index (χ4n) is 2.71. The summed E-state index contributed by atoms with van der Waals surface area (Å²) in [5.41, 5.74) is 0.937. The molecule has 1 fully saturated rings. The molecule has 1 saturated carbocycles. The Morgan fingerprint density at radius 3 is 2.95 bits per heavy atom. The molecular weight excluding hydrogens is 272 g/mol. The molecule has 1 aromatic heterocycles. The molecule has 0 bridgehead atoms. The van der Waals surface area contributed by atoms with Gasteiger partial charge < -0.3 is 4.74 Å². The molecule has 0 radical (unpaired) electrons. The number of hydrogen-bond donors (Lipinski definition) is 0. The van der Waals surface area contributed by atoms with Crippen LogP contribution in [-0.2, 0) is 0 Å². The highest BCUT2D eigenvalue weighted by Gasteiger charge is 2.25. The van der Waals surface area contributed by atoms with Crippen molar-refractivity contribution in [3.05, 3.63) is 17.0 Å². The maximum absolute atomic E-state index is 6.40. The second kappa shape index (κ2) is 7.50. The van der Waals surface area contributed by atoms with Gasteiger partial charge in [0.2, 0.25) is 5.88 Å². The Labute approximate surface area is 126 Å². The zero-order valence-electron chi connectivity index (χ0n) is 12.2. The van der Waals surface area contributed by atoms with E-state index < -0.39 is 0 Å². The van der Waals surface area contributed by atoms with Crippen LogP contribution in [0.4, 0.5) is 0 Å². The van der Waals surface area contributed by atoms with Crippen LogP contribution in [0.15, 0.2) is 6.33 Å². The molecule has 0 saturated heterocycles. The number of halogens is 1. The summed E-state index contributed by atoms with van der Waals surface area (Å²) >= 11 is 6.40. The van der Waals surface area contributed by atoms with E-state index in [1.54, 1.807) is 6.33 Å². The summed E-state index contributed by atoms with van der Waals surface area (Å²) in [6, 6.07) is 0. The van der Waals surface area contributed by atoms with E-state index in [-0.39, 0.29) is 0 Å². The van der Waals surface area contributed by atoms with E-state index >= 15 is 0 Å². The second-order valence-corrected chi connectivity index (χ2v) is 5.72. The number of nitrogens with zero attached hydrogens (tertiary/aromatic N) is 2. The van der Waals surface area contributed by atoms with E-state index in [9.17, 15) is 0 Å². The van der Waals surface area contributed by atoms with Crippen LogP contribution in [0, 0.1) is 17.8 Å². The Morgan fingerprint density at radius 1 is 1.35 bits per heavy atom. The molecule has 20 heavy (non-hydrogen) atoms. The third-order valence-corrected chi connectivity index (χ3v) is 4.05. The van der Waals surface area contributed by atoms with Crippen LogP contribution in [0.25, 0.3) is 0 Å². The largest absolute Gasteiger partial charge is 0.463 e. The zero-order chi connectivity index (χ0) is 14.4. The van der Waals surface area contributed by atoms with Crippen LogP contribution in [0.1, 0.15) is 57.6 Å². The lowest BCUT2D eigenvalue weighted by Crippen LogP contribution is -2.14. The van der Waals surface area contributed by atoms with Crippen molar-refractivity contribution in [1.82, 2.24) is 9.97 Å². The normalized spacial score (nSPS) is 21.9. The van der Waals surface area contributed by atoms with Crippen molar-refractivity contribution >= 4 is 11.6 Å². The maximum atomic E-state index is 6.40. The van der Waals surface area contributed by atoms with Gasteiger partial charge in [0.25, 0.3) is 0 Å². The lowest BCUT2D eigenvalue weighted by atomic mass is 9.81. The first-order valence-electron chi connectivity index (χ1n) is 7.31. The summed E-state index contributed by atoms with van der Waals surface area (Å²) in [5.74, 6) is 7.51. The highest BCUT2D eigenvalue weighted by atomic mass is 35.5. The molecule has 0 amide bonds. The van der Waals surface area contributed by atoms with Crippen molar-refractivity contribution in [2.45, 2.75) is 51.9 Å². The van der Waals surface area contributed by atoms with Crippen molar-refractivity contribution in [1.29, 1.82) is 0 Å². The van der Waals surface area contributed by atoms with Gasteiger partial charge in [0.05, 0.1) is 5.69 Å². The quantitative estimate of drug-likeness (QED) is 0.783. The molecule has 108 valence electrons. The molecule has 0 aliphatic heterocycles. The molecule has 0 aromatic carbocycles. The lowest BCUT2D eigenvalue weighted by Gasteiger charge is -2.26. The first kappa shape index (κ1) is 15.1. The van der Waals surface area contributed by atoms with Crippen molar-refractivity contribution in [3.63, 3.8) is 0 Å². The first-order valence-corrected chi connectivity index (χ1v) is 7.69. The number of ether oxygens (including phenoxy) is 1. The van der Waals surface area contributed by atoms with Crippen LogP contribution >= 0.6 is 11.6 Å². The van der Waals surface area contributed by atoms with Gasteiger partial charge in [-0.05, 0) is 18.8 Å². The zero-order valence-corrected chi connectivity index (χ0v) is 12.9. The van der Waals surface area contributed by atoms with Crippen LogP contribution in [0.3, 0.4) is 0 Å². The number of hydrogen-bond acceptors (Lipinski definition) is 3. The van der Waals surface area contributed by atoms with Crippen LogP contribution in [0.2, 0.25) is 5.02 Å². The van der Waals surface area contributed by atoms with Gasteiger partial charge in [0, 0.05) is 12.3 Å². The van der Waals surface area contributed by atoms with Gasteiger partial charge in [-0.2, -0.15) is 0 Å². The Morgan fingerprint density at radius 2 is 2.20 bits per heavy atom. The molecule has 2 atom stereocenters. The van der Waals surface area contributed by atoms with E-state index in [0.717, 1.165) is 30.9 Å². The lowest BCUT2D eigenvalue weighted by molar-refractivity contribution is 0.332. The van der Waals surface area contributed by atoms with Crippen molar-refractivity contribution in [3.8, 4) is 17.7 Å². The Hall–Kier alpha value is -1.27. The van der Waals surface area contributed by atoms with Crippen molar-refractivity contribution in [2.24, 2.45) is 5.92 Å². The molecule has 2 unspecified atom stereocenters. The van der Waals surface area contributed by atoms with Crippen LogP contribution in [0.5, 0.6) is 5.88 Å². The van der Waals surface area contributed by atoms with Crippen LogP contribution in [-0.4, -0.2) is 16.6 Å². The molecule has 4 heteroatoms. The molecule has 1 heterocycles. The summed E-state index contributed by atoms with van der Waals surface area (Å²) in [6.45, 7) is 4.62. The van der Waals surface area contributed by atoms with Gasteiger partial charge in [0.15, 0.2) is 6.61 Å². The van der Waals surface area contributed by atoms with Gasteiger partial charge in [-0.3, -0.25) is 0 Å². The summed E-state index contributed by atoms with van der Waals surface area (Å²) in [7, 11) is 0. The van der Waals surface area contributed by atoms with E-state index in [4.69, 9.17) is 16.3 Å². The third kappa shape index (κ3) is 3.86. The van der Waals surface area contributed by atoms with Crippen LogP contribution < -0.4 is 4.74 Å². The SMILES string of the molecule is CCC#CCOc1ncnc(C2CCCC(C)C2)c1Cl. The Kier molecular flexibility index (Phi) is 5.67. The average Bonchev–Trinajstić information content (AvgIpc) is 2.45. The summed E-state index contributed by atoms with van der Waals surface area (Å²) < 4.78 is 5.54. The summed E-state index contributed by atoms with van der Waals surface area (Å²) in [5, 5.41) is 0.560. The summed E-state index contributed by atoms with van der Waals surface area (Å²) in [4.78, 5) is 8.50. The smallest absolute Gasteiger partial charge is 0.236 e. The number of aromatic nitrogens is 2. The Bertz CT molecular complexity index is 507. The standard InChI is InChI=1S/C16H21ClN2O/c1-3-4-5-9-20-16-14(17)15(18-11-19-16)13-8-6-7-12(2)10-13/h11-13H,3,6-10H2,1-2H3. The third-order valence-electron chi connectivity index (χ3n) is 3.69. The molecule has 1 aromatic rings.